The minimum absolute atomic E-state index is 0.163. The summed E-state index contributed by atoms with van der Waals surface area (Å²) < 4.78 is 0. The van der Waals surface area contributed by atoms with Gasteiger partial charge >= 0.3 is 6.03 Å². The van der Waals surface area contributed by atoms with Crippen LogP contribution >= 0.6 is 11.3 Å². The van der Waals surface area contributed by atoms with Crippen molar-refractivity contribution >= 4 is 17.4 Å². The number of rotatable bonds is 2. The standard InChI is InChI=1S/C17H25N3OS/c21-17(18-14-4-2-1-3-5-14)20-11-15(12-20)19-8-6-16-13(10-19)7-9-22-16/h7,9,14-15H,1-6,8,10-12H2,(H,18,21). The number of thiophene rings is 1. The lowest BCUT2D eigenvalue weighted by Gasteiger charge is -2.46. The second-order valence-corrected chi connectivity index (χ2v) is 7.93. The van der Waals surface area contributed by atoms with Crippen molar-refractivity contribution in [1.29, 1.82) is 0 Å². The first-order valence-corrected chi connectivity index (χ1v) is 9.52. The maximum absolute atomic E-state index is 12.3. The van der Waals surface area contributed by atoms with Gasteiger partial charge in [0, 0.05) is 43.1 Å². The molecular formula is C17H25N3OS. The van der Waals surface area contributed by atoms with Crippen LogP contribution in [-0.4, -0.2) is 47.5 Å². The highest BCUT2D eigenvalue weighted by Crippen LogP contribution is 2.27. The van der Waals surface area contributed by atoms with E-state index in [1.165, 1.54) is 31.2 Å². The predicted molar refractivity (Wildman–Crippen MR) is 89.2 cm³/mol. The minimum Gasteiger partial charge on any atom is -0.335 e. The Hall–Kier alpha value is -1.07. The number of carbonyl (C=O) groups is 1. The van der Waals surface area contributed by atoms with Crippen LogP contribution in [0.1, 0.15) is 42.5 Å². The van der Waals surface area contributed by atoms with Crippen LogP contribution < -0.4 is 5.32 Å². The third-order valence-electron chi connectivity index (χ3n) is 5.44. The van der Waals surface area contributed by atoms with Crippen LogP contribution in [0.3, 0.4) is 0 Å². The Labute approximate surface area is 136 Å². The van der Waals surface area contributed by atoms with E-state index in [1.54, 1.807) is 4.88 Å². The quantitative estimate of drug-likeness (QED) is 0.910. The number of urea groups is 1. The average molecular weight is 319 g/mol. The molecule has 1 saturated carbocycles. The lowest BCUT2D eigenvalue weighted by Crippen LogP contribution is -2.64. The highest BCUT2D eigenvalue weighted by Gasteiger charge is 2.36. The first-order valence-electron chi connectivity index (χ1n) is 8.64. The predicted octanol–water partition coefficient (Wildman–Crippen LogP) is 2.83. The lowest BCUT2D eigenvalue weighted by molar-refractivity contribution is 0.0473. The number of amides is 2. The molecule has 5 heteroatoms. The SMILES string of the molecule is O=C(NC1CCCCC1)N1CC(N2CCc3sccc3C2)C1. The molecule has 120 valence electrons. The summed E-state index contributed by atoms with van der Waals surface area (Å²) in [7, 11) is 0. The number of fused-ring (bicyclic) bond motifs is 1. The summed E-state index contributed by atoms with van der Waals surface area (Å²) >= 11 is 1.89. The second-order valence-electron chi connectivity index (χ2n) is 6.93. The van der Waals surface area contributed by atoms with Crippen molar-refractivity contribution in [2.24, 2.45) is 0 Å². The highest BCUT2D eigenvalue weighted by atomic mass is 32.1. The molecule has 1 aromatic rings. The van der Waals surface area contributed by atoms with E-state index in [4.69, 9.17) is 0 Å². The maximum Gasteiger partial charge on any atom is 0.317 e. The Morgan fingerprint density at radius 2 is 2.05 bits per heavy atom. The third-order valence-corrected chi connectivity index (χ3v) is 6.46. The normalized spacial score (nSPS) is 23.9. The van der Waals surface area contributed by atoms with Crippen molar-refractivity contribution in [3.63, 3.8) is 0 Å². The molecule has 4 rings (SSSR count). The Morgan fingerprint density at radius 1 is 1.23 bits per heavy atom. The van der Waals surface area contributed by atoms with Crippen molar-refractivity contribution in [1.82, 2.24) is 15.1 Å². The molecule has 1 saturated heterocycles. The van der Waals surface area contributed by atoms with Gasteiger partial charge in [-0.05, 0) is 36.3 Å². The maximum atomic E-state index is 12.3. The molecule has 1 N–H and O–H groups in total. The van der Waals surface area contributed by atoms with E-state index in [1.807, 2.05) is 16.2 Å². The van der Waals surface area contributed by atoms with Crippen molar-refractivity contribution in [2.45, 2.75) is 57.2 Å². The van der Waals surface area contributed by atoms with Crippen LogP contribution in [0, 0.1) is 0 Å². The van der Waals surface area contributed by atoms with Crippen molar-refractivity contribution in [2.75, 3.05) is 19.6 Å². The summed E-state index contributed by atoms with van der Waals surface area (Å²) in [4.78, 5) is 18.4. The molecule has 3 heterocycles. The Balaban J connectivity index is 1.25. The molecule has 1 aliphatic carbocycles. The number of nitrogens with one attached hydrogen (secondary N) is 1. The minimum atomic E-state index is 0.163. The van der Waals surface area contributed by atoms with Gasteiger partial charge in [-0.15, -0.1) is 11.3 Å². The topological polar surface area (TPSA) is 35.6 Å². The zero-order valence-corrected chi connectivity index (χ0v) is 13.9. The first kappa shape index (κ1) is 14.5. The van der Waals surface area contributed by atoms with Gasteiger partial charge in [-0.25, -0.2) is 4.79 Å². The summed E-state index contributed by atoms with van der Waals surface area (Å²) in [6.45, 7) is 4.02. The van der Waals surface area contributed by atoms with Gasteiger partial charge in [-0.1, -0.05) is 19.3 Å². The number of likely N-dealkylation sites (tertiary alicyclic amines) is 1. The summed E-state index contributed by atoms with van der Waals surface area (Å²) in [5, 5.41) is 5.43. The van der Waals surface area contributed by atoms with Gasteiger partial charge < -0.3 is 10.2 Å². The zero-order valence-electron chi connectivity index (χ0n) is 13.1. The van der Waals surface area contributed by atoms with E-state index >= 15 is 0 Å². The number of carbonyl (C=O) groups excluding carboxylic acids is 1. The van der Waals surface area contributed by atoms with E-state index in [-0.39, 0.29) is 6.03 Å². The average Bonchev–Trinajstić information content (AvgIpc) is 2.94. The second kappa shape index (κ2) is 6.20. The summed E-state index contributed by atoms with van der Waals surface area (Å²) in [6, 6.07) is 3.41. The molecule has 3 aliphatic rings. The molecule has 1 aromatic heterocycles. The van der Waals surface area contributed by atoms with E-state index in [9.17, 15) is 4.79 Å². The zero-order chi connectivity index (χ0) is 14.9. The highest BCUT2D eigenvalue weighted by molar-refractivity contribution is 7.10. The van der Waals surface area contributed by atoms with E-state index in [0.29, 0.717) is 12.1 Å². The van der Waals surface area contributed by atoms with Gasteiger partial charge in [-0.3, -0.25) is 4.90 Å². The van der Waals surface area contributed by atoms with Crippen molar-refractivity contribution in [3.05, 3.63) is 21.9 Å². The molecule has 4 nitrogen and oxygen atoms in total. The molecular weight excluding hydrogens is 294 g/mol. The number of hydrogen-bond donors (Lipinski definition) is 1. The summed E-state index contributed by atoms with van der Waals surface area (Å²) in [5.41, 5.74) is 1.50. The molecule has 0 spiro atoms. The van der Waals surface area contributed by atoms with Gasteiger partial charge in [-0.2, -0.15) is 0 Å². The van der Waals surface area contributed by atoms with Crippen LogP contribution in [0.25, 0.3) is 0 Å². The van der Waals surface area contributed by atoms with Gasteiger partial charge in [0.25, 0.3) is 0 Å². The van der Waals surface area contributed by atoms with Crippen LogP contribution in [0.15, 0.2) is 11.4 Å². The number of hydrogen-bond acceptors (Lipinski definition) is 3. The summed E-state index contributed by atoms with van der Waals surface area (Å²) in [5.74, 6) is 0. The van der Waals surface area contributed by atoms with Crippen molar-refractivity contribution < 1.29 is 4.79 Å². The molecule has 0 unspecified atom stereocenters. The molecule has 0 radical (unpaired) electrons. The van der Waals surface area contributed by atoms with Crippen LogP contribution in [0.4, 0.5) is 4.79 Å². The van der Waals surface area contributed by atoms with Gasteiger partial charge in [0.05, 0.1) is 0 Å². The number of nitrogens with zero attached hydrogens (tertiary/aromatic N) is 2. The monoisotopic (exact) mass is 319 g/mol. The Morgan fingerprint density at radius 3 is 2.86 bits per heavy atom. The smallest absolute Gasteiger partial charge is 0.317 e. The van der Waals surface area contributed by atoms with Crippen LogP contribution in [-0.2, 0) is 13.0 Å². The molecule has 2 fully saturated rings. The molecule has 22 heavy (non-hydrogen) atoms. The molecule has 0 aromatic carbocycles. The van der Waals surface area contributed by atoms with E-state index in [0.717, 1.165) is 39.0 Å². The summed E-state index contributed by atoms with van der Waals surface area (Å²) in [6.07, 6.45) is 7.37. The lowest BCUT2D eigenvalue weighted by atomic mass is 9.95. The first-order chi connectivity index (χ1) is 10.8. The molecule has 0 atom stereocenters. The van der Waals surface area contributed by atoms with Gasteiger partial charge in [0.2, 0.25) is 0 Å². The van der Waals surface area contributed by atoms with E-state index < -0.39 is 0 Å². The van der Waals surface area contributed by atoms with Gasteiger partial charge in [0.1, 0.15) is 0 Å². The van der Waals surface area contributed by atoms with E-state index in [2.05, 4.69) is 21.7 Å². The van der Waals surface area contributed by atoms with Gasteiger partial charge in [0.15, 0.2) is 0 Å². The van der Waals surface area contributed by atoms with Crippen molar-refractivity contribution in [3.8, 4) is 0 Å². The molecule has 2 amide bonds. The Bertz CT molecular complexity index is 532. The fourth-order valence-electron chi connectivity index (χ4n) is 3.95. The van der Waals surface area contributed by atoms with Crippen LogP contribution in [0.2, 0.25) is 0 Å². The van der Waals surface area contributed by atoms with Crippen LogP contribution in [0.5, 0.6) is 0 Å². The fraction of sp³-hybridized carbons (Fsp3) is 0.706. The molecule has 2 aliphatic heterocycles. The molecule has 0 bridgehead atoms. The Kier molecular flexibility index (Phi) is 4.09. The fourth-order valence-corrected chi connectivity index (χ4v) is 4.84. The third kappa shape index (κ3) is 2.88. The largest absolute Gasteiger partial charge is 0.335 e.